The zero-order chi connectivity index (χ0) is 19.2. The molecule has 0 amide bonds. The minimum Gasteiger partial charge on any atom is -0.423 e. The number of hydrogen-bond acceptors (Lipinski definition) is 7. The van der Waals surface area contributed by atoms with Crippen molar-refractivity contribution in [2.75, 3.05) is 0 Å². The topological polar surface area (TPSA) is 80.9 Å². The van der Waals surface area contributed by atoms with Gasteiger partial charge in [-0.25, -0.2) is 0 Å². The fraction of sp³-hybridized carbons (Fsp3) is 0. The number of thiophene rings is 3. The monoisotopic (exact) mass is 414 g/mol. The summed E-state index contributed by atoms with van der Waals surface area (Å²) in [7, 11) is -2.71. The van der Waals surface area contributed by atoms with Gasteiger partial charge in [0.2, 0.25) is 0 Å². The molecule has 0 aliphatic carbocycles. The fourth-order valence-corrected chi connectivity index (χ4v) is 4.89. The first kappa shape index (κ1) is 20.0. The molecule has 0 aliphatic heterocycles. The molecular formula is C18H16B2O4S3. The van der Waals surface area contributed by atoms with Crippen LogP contribution in [0.3, 0.4) is 0 Å². The van der Waals surface area contributed by atoms with E-state index in [1.54, 1.807) is 23.5 Å². The Bertz CT molecular complexity index is 950. The molecule has 4 nitrogen and oxygen atoms in total. The fourth-order valence-electron chi connectivity index (χ4n) is 2.29. The Kier molecular flexibility index (Phi) is 7.03. The van der Waals surface area contributed by atoms with Crippen LogP contribution in [0.1, 0.15) is 0 Å². The molecule has 1 aromatic carbocycles. The second-order valence-corrected chi connectivity index (χ2v) is 8.67. The van der Waals surface area contributed by atoms with E-state index >= 15 is 0 Å². The first-order valence-electron chi connectivity index (χ1n) is 8.05. The summed E-state index contributed by atoms with van der Waals surface area (Å²) in [5.74, 6) is 0. The summed E-state index contributed by atoms with van der Waals surface area (Å²) >= 11 is 4.45. The Morgan fingerprint density at radius 1 is 0.556 bits per heavy atom. The van der Waals surface area contributed by atoms with Crippen molar-refractivity contribution in [2.24, 2.45) is 0 Å². The smallest absolute Gasteiger partial charge is 0.423 e. The third-order valence-corrected chi connectivity index (χ3v) is 6.95. The maximum atomic E-state index is 8.95. The van der Waals surface area contributed by atoms with Gasteiger partial charge in [0.25, 0.3) is 0 Å². The van der Waals surface area contributed by atoms with Crippen molar-refractivity contribution in [2.45, 2.75) is 0 Å². The van der Waals surface area contributed by atoms with E-state index in [2.05, 4.69) is 0 Å². The van der Waals surface area contributed by atoms with Crippen LogP contribution in [0.15, 0.2) is 72.1 Å². The Labute approximate surface area is 169 Å². The second-order valence-electron chi connectivity index (χ2n) is 5.49. The lowest BCUT2D eigenvalue weighted by Crippen LogP contribution is -2.26. The minimum atomic E-state index is -1.36. The van der Waals surface area contributed by atoms with E-state index in [0.29, 0.717) is 9.55 Å². The van der Waals surface area contributed by atoms with Crippen molar-refractivity contribution in [3.63, 3.8) is 0 Å². The van der Waals surface area contributed by atoms with Crippen molar-refractivity contribution < 1.29 is 20.1 Å². The molecule has 0 spiro atoms. The van der Waals surface area contributed by atoms with Crippen LogP contribution in [0.2, 0.25) is 0 Å². The summed E-state index contributed by atoms with van der Waals surface area (Å²) in [6.07, 6.45) is 0. The van der Waals surface area contributed by atoms with Crippen LogP contribution in [0, 0.1) is 0 Å². The molecule has 9 heteroatoms. The Balaban J connectivity index is 0.000000156. The Hall–Kier alpha value is -1.71. The quantitative estimate of drug-likeness (QED) is 0.387. The zero-order valence-electron chi connectivity index (χ0n) is 14.1. The Morgan fingerprint density at radius 2 is 1.15 bits per heavy atom. The van der Waals surface area contributed by atoms with E-state index in [9.17, 15) is 0 Å². The van der Waals surface area contributed by atoms with Gasteiger partial charge in [0.05, 0.1) is 0 Å². The molecule has 0 saturated carbocycles. The highest BCUT2D eigenvalue weighted by molar-refractivity contribution is 7.27. The molecule has 4 rings (SSSR count). The first-order chi connectivity index (χ1) is 13.0. The molecule has 0 radical (unpaired) electrons. The molecular weight excluding hydrogens is 398 g/mol. The van der Waals surface area contributed by atoms with Gasteiger partial charge in [0.15, 0.2) is 0 Å². The van der Waals surface area contributed by atoms with Gasteiger partial charge in [0.1, 0.15) is 0 Å². The van der Waals surface area contributed by atoms with Gasteiger partial charge >= 0.3 is 14.2 Å². The van der Waals surface area contributed by atoms with Crippen LogP contribution in [0.4, 0.5) is 0 Å². The molecule has 3 aromatic heterocycles. The molecule has 0 fully saturated rings. The average molecular weight is 414 g/mol. The van der Waals surface area contributed by atoms with E-state index in [4.69, 9.17) is 20.1 Å². The third kappa shape index (κ3) is 5.40. The largest absolute Gasteiger partial charge is 0.499 e. The molecule has 0 saturated heterocycles. The summed E-state index contributed by atoms with van der Waals surface area (Å²) in [5.41, 5.74) is 1.10. The molecule has 0 bridgehead atoms. The van der Waals surface area contributed by atoms with Gasteiger partial charge in [0, 0.05) is 24.2 Å². The predicted molar refractivity (Wildman–Crippen MR) is 117 cm³/mol. The molecule has 0 aliphatic rings. The molecule has 4 aromatic rings. The molecule has 27 heavy (non-hydrogen) atoms. The van der Waals surface area contributed by atoms with Crippen LogP contribution in [0.5, 0.6) is 0 Å². The lowest BCUT2D eigenvalue weighted by molar-refractivity contribution is 0.425. The molecule has 3 heterocycles. The first-order valence-corrected chi connectivity index (χ1v) is 10.6. The van der Waals surface area contributed by atoms with E-state index in [0.717, 1.165) is 20.2 Å². The van der Waals surface area contributed by atoms with Gasteiger partial charge in [-0.1, -0.05) is 48.5 Å². The molecule has 0 atom stereocenters. The van der Waals surface area contributed by atoms with E-state index < -0.39 is 14.2 Å². The lowest BCUT2D eigenvalue weighted by Gasteiger charge is -1.95. The van der Waals surface area contributed by atoms with Crippen LogP contribution in [-0.2, 0) is 0 Å². The molecule has 0 unspecified atom stereocenters. The number of hydrogen-bond donors (Lipinski definition) is 4. The van der Waals surface area contributed by atoms with Gasteiger partial charge in [-0.05, 0) is 29.1 Å². The van der Waals surface area contributed by atoms with E-state index in [1.165, 1.54) is 22.7 Å². The number of benzene rings is 1. The number of rotatable bonds is 4. The maximum absolute atomic E-state index is 8.95. The van der Waals surface area contributed by atoms with Crippen LogP contribution >= 0.6 is 34.0 Å². The minimum absolute atomic E-state index is 0.573. The zero-order valence-corrected chi connectivity index (χ0v) is 16.5. The van der Waals surface area contributed by atoms with Crippen molar-refractivity contribution in [1.29, 1.82) is 0 Å². The summed E-state index contributed by atoms with van der Waals surface area (Å²) in [4.78, 5) is 3.30. The van der Waals surface area contributed by atoms with Crippen molar-refractivity contribution >= 4 is 57.8 Å². The van der Waals surface area contributed by atoms with Gasteiger partial charge in [-0.15, -0.1) is 34.0 Å². The van der Waals surface area contributed by atoms with Crippen LogP contribution in [-0.4, -0.2) is 34.3 Å². The molecule has 4 N–H and O–H groups in total. The van der Waals surface area contributed by atoms with Gasteiger partial charge < -0.3 is 20.1 Å². The summed E-state index contributed by atoms with van der Waals surface area (Å²) in [5, 5.41) is 37.7. The Morgan fingerprint density at radius 3 is 1.67 bits per heavy atom. The van der Waals surface area contributed by atoms with E-state index in [1.807, 2.05) is 60.0 Å². The highest BCUT2D eigenvalue weighted by Crippen LogP contribution is 2.27. The predicted octanol–water partition coefficient (Wildman–Crippen LogP) is 2.25. The van der Waals surface area contributed by atoms with Crippen molar-refractivity contribution in [3.05, 3.63) is 72.1 Å². The molecule has 136 valence electrons. The summed E-state index contributed by atoms with van der Waals surface area (Å²) in [6.45, 7) is 0. The summed E-state index contributed by atoms with van der Waals surface area (Å²) < 4.78 is 1.16. The van der Waals surface area contributed by atoms with Crippen molar-refractivity contribution in [1.82, 2.24) is 0 Å². The average Bonchev–Trinajstić information content (AvgIpc) is 3.43. The van der Waals surface area contributed by atoms with Gasteiger partial charge in [-0.2, -0.15) is 0 Å². The lowest BCUT2D eigenvalue weighted by atomic mass is 9.90. The third-order valence-electron chi connectivity index (χ3n) is 3.58. The highest BCUT2D eigenvalue weighted by Gasteiger charge is 2.15. The van der Waals surface area contributed by atoms with Gasteiger partial charge in [-0.3, -0.25) is 0 Å². The SMILES string of the molecule is OB(O)c1ccc(-c2ccccc2)s1.OB(O)c1ccc(-c2cccs2)s1. The van der Waals surface area contributed by atoms with Crippen LogP contribution < -0.4 is 9.55 Å². The maximum Gasteiger partial charge on any atom is 0.499 e. The second kappa shape index (κ2) is 9.47. The standard InChI is InChI=1S/C10H9BO2S.C8H7BO2S2/c12-11(13)10-7-6-9(14-10)8-4-2-1-3-5-8;10-9(11)8-4-3-7(13-8)6-2-1-5-12-6/h1-7,12-13H;1-5,10-11H. The summed E-state index contributed by atoms with van der Waals surface area (Å²) in [6, 6.07) is 21.2. The van der Waals surface area contributed by atoms with Crippen molar-refractivity contribution in [3.8, 4) is 20.2 Å². The van der Waals surface area contributed by atoms with Crippen LogP contribution in [0.25, 0.3) is 20.2 Å². The highest BCUT2D eigenvalue weighted by atomic mass is 32.1. The normalized spacial score (nSPS) is 10.2. The van der Waals surface area contributed by atoms with E-state index in [-0.39, 0.29) is 0 Å².